The van der Waals surface area contributed by atoms with Gasteiger partial charge in [-0.3, -0.25) is 0 Å². The summed E-state index contributed by atoms with van der Waals surface area (Å²) in [5.74, 6) is 1.91. The zero-order valence-electron chi connectivity index (χ0n) is 12.2. The van der Waals surface area contributed by atoms with Crippen molar-refractivity contribution in [3.8, 4) is 0 Å². The van der Waals surface area contributed by atoms with E-state index in [1.165, 1.54) is 56.9 Å². The van der Waals surface area contributed by atoms with E-state index < -0.39 is 0 Å². The first-order chi connectivity index (χ1) is 9.29. The van der Waals surface area contributed by atoms with Gasteiger partial charge in [0.15, 0.2) is 0 Å². The summed E-state index contributed by atoms with van der Waals surface area (Å²) in [6.07, 6.45) is 11.2. The second kappa shape index (κ2) is 8.09. The van der Waals surface area contributed by atoms with E-state index >= 15 is 0 Å². The molecule has 0 bridgehead atoms. The highest BCUT2D eigenvalue weighted by Gasteiger charge is 2.25. The van der Waals surface area contributed by atoms with Crippen molar-refractivity contribution in [2.45, 2.75) is 63.1 Å². The van der Waals surface area contributed by atoms with E-state index in [0.29, 0.717) is 4.83 Å². The van der Waals surface area contributed by atoms with Crippen LogP contribution in [0.1, 0.15) is 57.4 Å². The summed E-state index contributed by atoms with van der Waals surface area (Å²) < 4.78 is 0. The molecule has 0 N–H and O–H groups in total. The predicted octanol–water partition coefficient (Wildman–Crippen LogP) is 5.99. The smallest absolute Gasteiger partial charge is 0.0214 e. The fourth-order valence-electron chi connectivity index (χ4n) is 3.34. The predicted molar refractivity (Wildman–Crippen MR) is 87.8 cm³/mol. The molecule has 1 fully saturated rings. The van der Waals surface area contributed by atoms with Gasteiger partial charge in [0.05, 0.1) is 0 Å². The van der Waals surface area contributed by atoms with Crippen LogP contribution in [0.2, 0.25) is 0 Å². The zero-order valence-corrected chi connectivity index (χ0v) is 13.7. The van der Waals surface area contributed by atoms with Gasteiger partial charge in [-0.1, -0.05) is 85.3 Å². The van der Waals surface area contributed by atoms with Crippen LogP contribution in [-0.4, -0.2) is 4.83 Å². The Labute approximate surface area is 127 Å². The minimum Gasteiger partial charge on any atom is -0.0884 e. The van der Waals surface area contributed by atoms with Crippen molar-refractivity contribution < 1.29 is 0 Å². The number of rotatable bonds is 6. The third-order valence-electron chi connectivity index (χ3n) is 4.64. The SMILES string of the molecule is CCCCC1CCC(C(Br)Cc2ccccc2)CC1. The second-order valence-electron chi connectivity index (χ2n) is 6.13. The van der Waals surface area contributed by atoms with Crippen molar-refractivity contribution in [1.82, 2.24) is 0 Å². The third kappa shape index (κ3) is 4.95. The first-order valence-electron chi connectivity index (χ1n) is 7.97. The summed E-state index contributed by atoms with van der Waals surface area (Å²) in [5, 5.41) is 0. The minimum absolute atomic E-state index is 0.669. The Bertz CT molecular complexity index is 338. The van der Waals surface area contributed by atoms with Crippen LogP contribution in [0.15, 0.2) is 30.3 Å². The Hall–Kier alpha value is -0.300. The molecular formula is C18H27Br. The van der Waals surface area contributed by atoms with Crippen molar-refractivity contribution in [1.29, 1.82) is 0 Å². The van der Waals surface area contributed by atoms with E-state index in [9.17, 15) is 0 Å². The van der Waals surface area contributed by atoms with Gasteiger partial charge < -0.3 is 0 Å². The summed E-state index contributed by atoms with van der Waals surface area (Å²) in [6.45, 7) is 2.31. The van der Waals surface area contributed by atoms with Crippen molar-refractivity contribution in [2.75, 3.05) is 0 Å². The van der Waals surface area contributed by atoms with Gasteiger partial charge in [-0.15, -0.1) is 0 Å². The first kappa shape index (κ1) is 15.1. The number of hydrogen-bond acceptors (Lipinski definition) is 0. The number of halogens is 1. The van der Waals surface area contributed by atoms with Crippen LogP contribution in [0, 0.1) is 11.8 Å². The van der Waals surface area contributed by atoms with E-state index in [1.54, 1.807) is 0 Å². The number of benzene rings is 1. The van der Waals surface area contributed by atoms with E-state index in [0.717, 1.165) is 11.8 Å². The maximum Gasteiger partial charge on any atom is 0.0214 e. The average molecular weight is 323 g/mol. The third-order valence-corrected chi connectivity index (χ3v) is 5.71. The Morgan fingerprint density at radius 3 is 2.42 bits per heavy atom. The first-order valence-corrected chi connectivity index (χ1v) is 8.89. The molecule has 1 aliphatic carbocycles. The Morgan fingerprint density at radius 2 is 1.79 bits per heavy atom. The van der Waals surface area contributed by atoms with Crippen LogP contribution < -0.4 is 0 Å². The molecule has 1 atom stereocenters. The molecule has 0 saturated heterocycles. The molecule has 0 amide bonds. The van der Waals surface area contributed by atoms with Gasteiger partial charge in [0, 0.05) is 4.83 Å². The standard InChI is InChI=1S/C18H27Br/c1-2-3-7-15-10-12-17(13-11-15)18(19)14-16-8-5-4-6-9-16/h4-6,8-9,15,17-18H,2-3,7,10-14H2,1H3. The summed E-state index contributed by atoms with van der Waals surface area (Å²) in [4.78, 5) is 0.669. The van der Waals surface area contributed by atoms with Crippen molar-refractivity contribution in [3.05, 3.63) is 35.9 Å². The molecule has 0 nitrogen and oxygen atoms in total. The van der Waals surface area contributed by atoms with Crippen molar-refractivity contribution in [3.63, 3.8) is 0 Å². The van der Waals surface area contributed by atoms with Gasteiger partial charge in [-0.2, -0.15) is 0 Å². The van der Waals surface area contributed by atoms with Gasteiger partial charge in [0.2, 0.25) is 0 Å². The minimum atomic E-state index is 0.669. The summed E-state index contributed by atoms with van der Waals surface area (Å²) in [7, 11) is 0. The van der Waals surface area contributed by atoms with E-state index in [-0.39, 0.29) is 0 Å². The molecule has 19 heavy (non-hydrogen) atoms. The lowest BCUT2D eigenvalue weighted by Gasteiger charge is -2.31. The second-order valence-corrected chi connectivity index (χ2v) is 7.30. The molecule has 1 saturated carbocycles. The van der Waals surface area contributed by atoms with Crippen molar-refractivity contribution in [2.24, 2.45) is 11.8 Å². The van der Waals surface area contributed by atoms with Crippen molar-refractivity contribution >= 4 is 15.9 Å². The lowest BCUT2D eigenvalue weighted by Crippen LogP contribution is -2.23. The van der Waals surface area contributed by atoms with E-state index in [1.807, 2.05) is 0 Å². The van der Waals surface area contributed by atoms with Crippen LogP contribution in [0.5, 0.6) is 0 Å². The fourth-order valence-corrected chi connectivity index (χ4v) is 4.24. The molecule has 0 radical (unpaired) electrons. The Morgan fingerprint density at radius 1 is 1.11 bits per heavy atom. The summed E-state index contributed by atoms with van der Waals surface area (Å²) >= 11 is 3.95. The lowest BCUT2D eigenvalue weighted by atomic mass is 9.78. The Balaban J connectivity index is 1.74. The molecule has 0 aliphatic heterocycles. The van der Waals surface area contributed by atoms with Crippen LogP contribution in [-0.2, 0) is 6.42 Å². The van der Waals surface area contributed by atoms with Crippen LogP contribution in [0.25, 0.3) is 0 Å². The average Bonchev–Trinajstić information content (AvgIpc) is 2.46. The monoisotopic (exact) mass is 322 g/mol. The van der Waals surface area contributed by atoms with Crippen LogP contribution >= 0.6 is 15.9 Å². The molecule has 1 heteroatoms. The molecular weight excluding hydrogens is 296 g/mol. The van der Waals surface area contributed by atoms with E-state index in [2.05, 4.69) is 53.2 Å². The quantitative estimate of drug-likeness (QED) is 0.564. The maximum atomic E-state index is 3.95. The molecule has 0 aromatic heterocycles. The molecule has 1 aromatic rings. The number of hydrogen-bond donors (Lipinski definition) is 0. The molecule has 2 rings (SSSR count). The lowest BCUT2D eigenvalue weighted by molar-refractivity contribution is 0.256. The highest BCUT2D eigenvalue weighted by Crippen LogP contribution is 2.36. The summed E-state index contributed by atoms with van der Waals surface area (Å²) in [6, 6.07) is 10.9. The van der Waals surface area contributed by atoms with Gasteiger partial charge in [0.25, 0.3) is 0 Å². The van der Waals surface area contributed by atoms with Gasteiger partial charge in [-0.05, 0) is 36.7 Å². The van der Waals surface area contributed by atoms with Gasteiger partial charge >= 0.3 is 0 Å². The van der Waals surface area contributed by atoms with Crippen LogP contribution in [0.4, 0.5) is 0 Å². The van der Waals surface area contributed by atoms with Gasteiger partial charge in [0.1, 0.15) is 0 Å². The molecule has 0 heterocycles. The highest BCUT2D eigenvalue weighted by atomic mass is 79.9. The normalized spacial score (nSPS) is 25.2. The number of unbranched alkanes of at least 4 members (excludes halogenated alkanes) is 1. The topological polar surface area (TPSA) is 0 Å². The Kier molecular flexibility index (Phi) is 6.43. The highest BCUT2D eigenvalue weighted by molar-refractivity contribution is 9.09. The number of alkyl halides is 1. The molecule has 1 aromatic carbocycles. The molecule has 0 spiro atoms. The largest absolute Gasteiger partial charge is 0.0884 e. The molecule has 1 aliphatic rings. The summed E-state index contributed by atoms with van der Waals surface area (Å²) in [5.41, 5.74) is 1.47. The fraction of sp³-hybridized carbons (Fsp3) is 0.667. The van der Waals surface area contributed by atoms with Gasteiger partial charge in [-0.25, -0.2) is 0 Å². The molecule has 1 unspecified atom stereocenters. The van der Waals surface area contributed by atoms with Crippen LogP contribution in [0.3, 0.4) is 0 Å². The molecule has 106 valence electrons. The maximum absolute atomic E-state index is 3.95. The van der Waals surface area contributed by atoms with E-state index in [4.69, 9.17) is 0 Å². The zero-order chi connectivity index (χ0) is 13.5.